The molecule has 0 aromatic heterocycles. The summed E-state index contributed by atoms with van der Waals surface area (Å²) in [6.45, 7) is 13.5. The standard InChI is InChI=1S/C14H28O/c1-10(2)12-8-7-11(3)9-13(12)15-14(4,5)6/h10-13H,7-9H2,1-6H3/t11-,12?,13-/m1/s1. The van der Waals surface area contributed by atoms with Gasteiger partial charge in [-0.15, -0.1) is 0 Å². The summed E-state index contributed by atoms with van der Waals surface area (Å²) in [6.07, 6.45) is 4.46. The van der Waals surface area contributed by atoms with Crippen molar-refractivity contribution in [3.05, 3.63) is 0 Å². The maximum absolute atomic E-state index is 6.22. The molecule has 0 N–H and O–H groups in total. The zero-order chi connectivity index (χ0) is 11.6. The molecule has 0 aromatic carbocycles. The molecule has 90 valence electrons. The lowest BCUT2D eigenvalue weighted by atomic mass is 9.75. The van der Waals surface area contributed by atoms with Crippen molar-refractivity contribution in [1.29, 1.82) is 0 Å². The van der Waals surface area contributed by atoms with Gasteiger partial charge in [0.05, 0.1) is 11.7 Å². The highest BCUT2D eigenvalue weighted by Crippen LogP contribution is 2.36. The predicted molar refractivity (Wildman–Crippen MR) is 66.0 cm³/mol. The van der Waals surface area contributed by atoms with Crippen LogP contribution in [0.5, 0.6) is 0 Å². The van der Waals surface area contributed by atoms with E-state index in [-0.39, 0.29) is 5.60 Å². The molecular weight excluding hydrogens is 184 g/mol. The molecule has 0 spiro atoms. The second-order valence-corrected chi connectivity index (χ2v) is 6.59. The first-order chi connectivity index (χ1) is 6.79. The predicted octanol–water partition coefficient (Wildman–Crippen LogP) is 4.26. The van der Waals surface area contributed by atoms with Gasteiger partial charge in [0.1, 0.15) is 0 Å². The fraction of sp³-hybridized carbons (Fsp3) is 1.00. The van der Waals surface area contributed by atoms with Gasteiger partial charge in [-0.2, -0.15) is 0 Å². The van der Waals surface area contributed by atoms with Gasteiger partial charge in [0.15, 0.2) is 0 Å². The molecule has 0 saturated heterocycles. The molecular formula is C14H28O. The molecule has 15 heavy (non-hydrogen) atoms. The van der Waals surface area contributed by atoms with E-state index in [0.29, 0.717) is 6.10 Å². The highest BCUT2D eigenvalue weighted by atomic mass is 16.5. The Hall–Kier alpha value is -0.0400. The van der Waals surface area contributed by atoms with E-state index in [1.807, 2.05) is 0 Å². The summed E-state index contributed by atoms with van der Waals surface area (Å²) in [5, 5.41) is 0. The molecule has 1 fully saturated rings. The molecule has 0 bridgehead atoms. The van der Waals surface area contributed by atoms with Crippen LogP contribution in [0.15, 0.2) is 0 Å². The summed E-state index contributed by atoms with van der Waals surface area (Å²) in [6, 6.07) is 0. The molecule has 0 heterocycles. The second kappa shape index (κ2) is 4.86. The number of rotatable bonds is 2. The van der Waals surface area contributed by atoms with Crippen LogP contribution in [0.2, 0.25) is 0 Å². The van der Waals surface area contributed by atoms with E-state index in [4.69, 9.17) is 4.74 Å². The summed E-state index contributed by atoms with van der Waals surface area (Å²) in [4.78, 5) is 0. The second-order valence-electron chi connectivity index (χ2n) is 6.59. The largest absolute Gasteiger partial charge is 0.372 e. The van der Waals surface area contributed by atoms with Crippen molar-refractivity contribution >= 4 is 0 Å². The van der Waals surface area contributed by atoms with Gasteiger partial charge in [0, 0.05) is 0 Å². The fourth-order valence-corrected chi connectivity index (χ4v) is 2.70. The van der Waals surface area contributed by atoms with Gasteiger partial charge >= 0.3 is 0 Å². The lowest BCUT2D eigenvalue weighted by Gasteiger charge is -2.40. The summed E-state index contributed by atoms with van der Waals surface area (Å²) in [7, 11) is 0. The molecule has 1 aliphatic rings. The summed E-state index contributed by atoms with van der Waals surface area (Å²) in [5.41, 5.74) is 0.00880. The van der Waals surface area contributed by atoms with Crippen LogP contribution in [0.3, 0.4) is 0 Å². The van der Waals surface area contributed by atoms with Gasteiger partial charge in [0.25, 0.3) is 0 Å². The van der Waals surface area contributed by atoms with Crippen molar-refractivity contribution in [3.8, 4) is 0 Å². The normalized spacial score (nSPS) is 33.4. The van der Waals surface area contributed by atoms with Crippen LogP contribution >= 0.6 is 0 Å². The zero-order valence-electron chi connectivity index (χ0n) is 11.3. The Balaban J connectivity index is 2.62. The van der Waals surface area contributed by atoms with Gasteiger partial charge < -0.3 is 4.74 Å². The maximum Gasteiger partial charge on any atom is 0.0615 e. The summed E-state index contributed by atoms with van der Waals surface area (Å²) < 4.78 is 6.22. The molecule has 1 saturated carbocycles. The van der Waals surface area contributed by atoms with Gasteiger partial charge in [-0.25, -0.2) is 0 Å². The van der Waals surface area contributed by atoms with Crippen molar-refractivity contribution in [2.24, 2.45) is 17.8 Å². The van der Waals surface area contributed by atoms with Gasteiger partial charge in [-0.3, -0.25) is 0 Å². The van der Waals surface area contributed by atoms with Crippen LogP contribution in [-0.4, -0.2) is 11.7 Å². The lowest BCUT2D eigenvalue weighted by molar-refractivity contribution is -0.114. The highest BCUT2D eigenvalue weighted by molar-refractivity contribution is 4.83. The topological polar surface area (TPSA) is 9.23 Å². The average Bonchev–Trinajstić information content (AvgIpc) is 1.99. The Labute approximate surface area is 95.6 Å². The molecule has 1 nitrogen and oxygen atoms in total. The first kappa shape index (κ1) is 13.0. The lowest BCUT2D eigenvalue weighted by Crippen LogP contribution is -2.39. The Morgan fingerprint density at radius 2 is 1.73 bits per heavy atom. The Kier molecular flexibility index (Phi) is 4.22. The van der Waals surface area contributed by atoms with Crippen LogP contribution in [0.1, 0.15) is 60.8 Å². The highest BCUT2D eigenvalue weighted by Gasteiger charge is 2.33. The van der Waals surface area contributed by atoms with E-state index in [2.05, 4.69) is 41.5 Å². The first-order valence-electron chi connectivity index (χ1n) is 6.47. The van der Waals surface area contributed by atoms with Crippen LogP contribution in [-0.2, 0) is 4.74 Å². The summed E-state index contributed by atoms with van der Waals surface area (Å²) in [5.74, 6) is 2.36. The smallest absolute Gasteiger partial charge is 0.0615 e. The molecule has 1 rings (SSSR count). The third kappa shape index (κ3) is 4.14. The van der Waals surface area contributed by atoms with Gasteiger partial charge in [-0.05, 0) is 51.4 Å². The van der Waals surface area contributed by atoms with E-state index < -0.39 is 0 Å². The molecule has 1 unspecified atom stereocenters. The van der Waals surface area contributed by atoms with E-state index in [9.17, 15) is 0 Å². The molecule has 1 aliphatic carbocycles. The van der Waals surface area contributed by atoms with Crippen molar-refractivity contribution in [2.45, 2.75) is 72.5 Å². The van der Waals surface area contributed by atoms with E-state index >= 15 is 0 Å². The van der Waals surface area contributed by atoms with E-state index in [1.54, 1.807) is 0 Å². The van der Waals surface area contributed by atoms with Crippen LogP contribution < -0.4 is 0 Å². The zero-order valence-corrected chi connectivity index (χ0v) is 11.3. The van der Waals surface area contributed by atoms with E-state index in [1.165, 1.54) is 19.3 Å². The molecule has 0 aromatic rings. The Bertz CT molecular complexity index is 190. The molecule has 0 radical (unpaired) electrons. The van der Waals surface area contributed by atoms with Crippen molar-refractivity contribution in [2.75, 3.05) is 0 Å². The van der Waals surface area contributed by atoms with Crippen molar-refractivity contribution in [3.63, 3.8) is 0 Å². The maximum atomic E-state index is 6.22. The minimum Gasteiger partial charge on any atom is -0.372 e. The van der Waals surface area contributed by atoms with E-state index in [0.717, 1.165) is 17.8 Å². The van der Waals surface area contributed by atoms with Crippen LogP contribution in [0.4, 0.5) is 0 Å². The van der Waals surface area contributed by atoms with Crippen molar-refractivity contribution in [1.82, 2.24) is 0 Å². The molecule has 0 aliphatic heterocycles. The number of hydrogen-bond acceptors (Lipinski definition) is 1. The third-order valence-corrected chi connectivity index (χ3v) is 3.47. The van der Waals surface area contributed by atoms with Gasteiger partial charge in [0.2, 0.25) is 0 Å². The van der Waals surface area contributed by atoms with Crippen LogP contribution in [0, 0.1) is 17.8 Å². The number of ether oxygens (including phenoxy) is 1. The minimum atomic E-state index is 0.00880. The average molecular weight is 212 g/mol. The summed E-state index contributed by atoms with van der Waals surface area (Å²) >= 11 is 0. The number of hydrogen-bond donors (Lipinski definition) is 0. The molecule has 1 heteroatoms. The fourth-order valence-electron chi connectivity index (χ4n) is 2.70. The Morgan fingerprint density at radius 3 is 2.20 bits per heavy atom. The SMILES string of the molecule is CC(C)C1CC[C@@H](C)C[C@H]1OC(C)(C)C. The van der Waals surface area contributed by atoms with Crippen LogP contribution in [0.25, 0.3) is 0 Å². The molecule has 0 amide bonds. The molecule has 3 atom stereocenters. The monoisotopic (exact) mass is 212 g/mol. The van der Waals surface area contributed by atoms with Crippen molar-refractivity contribution < 1.29 is 4.74 Å². The minimum absolute atomic E-state index is 0.00880. The quantitative estimate of drug-likeness (QED) is 0.664. The Morgan fingerprint density at radius 1 is 1.13 bits per heavy atom. The third-order valence-electron chi connectivity index (χ3n) is 3.47. The van der Waals surface area contributed by atoms with Gasteiger partial charge in [-0.1, -0.05) is 27.2 Å². The first-order valence-corrected chi connectivity index (χ1v) is 6.47.